The maximum absolute atomic E-state index is 5.73. The Morgan fingerprint density at radius 1 is 0.955 bits per heavy atom. The van der Waals surface area contributed by atoms with Crippen LogP contribution in [-0.2, 0) is 16.6 Å². The lowest BCUT2D eigenvalue weighted by atomic mass is 9.86. The van der Waals surface area contributed by atoms with Crippen LogP contribution in [0.3, 0.4) is 0 Å². The highest BCUT2D eigenvalue weighted by atomic mass is 16.5. The first-order chi connectivity index (χ1) is 10.2. The summed E-state index contributed by atoms with van der Waals surface area (Å²) in [6, 6.07) is 9.10. The Balaban J connectivity index is 2.34. The molecule has 0 aromatic heterocycles. The van der Waals surface area contributed by atoms with Crippen molar-refractivity contribution < 1.29 is 4.74 Å². The first-order valence-corrected chi connectivity index (χ1v) is 8.64. The zero-order chi connectivity index (χ0) is 16.8. The first kappa shape index (κ1) is 19.2. The quantitative estimate of drug-likeness (QED) is 0.760. The largest absolute Gasteiger partial charge is 0.375 e. The van der Waals surface area contributed by atoms with Gasteiger partial charge in [-0.3, -0.25) is 0 Å². The molecule has 22 heavy (non-hydrogen) atoms. The lowest BCUT2D eigenvalue weighted by Crippen LogP contribution is -2.32. The fourth-order valence-corrected chi connectivity index (χ4v) is 2.66. The summed E-state index contributed by atoms with van der Waals surface area (Å²) in [6.45, 7) is 17.3. The summed E-state index contributed by atoms with van der Waals surface area (Å²) in [7, 11) is 0. The summed E-state index contributed by atoms with van der Waals surface area (Å²) in [5.74, 6) is 0.631. The highest BCUT2D eigenvalue weighted by Gasteiger charge is 2.13. The van der Waals surface area contributed by atoms with Crippen LogP contribution in [0.4, 0.5) is 0 Å². The maximum Gasteiger partial charge on any atom is 0.0674 e. The standard InChI is InChI=1S/C20H35NO/c1-15(2)22-17(4)14-21-13-16(3)12-18-8-10-19(11-9-18)20(5,6)7/h8-11,15-17,21H,12-14H2,1-7H3. The Morgan fingerprint density at radius 3 is 2.05 bits per heavy atom. The van der Waals surface area contributed by atoms with E-state index in [1.807, 2.05) is 0 Å². The van der Waals surface area contributed by atoms with Crippen molar-refractivity contribution in [2.24, 2.45) is 5.92 Å². The van der Waals surface area contributed by atoms with Crippen molar-refractivity contribution in [3.63, 3.8) is 0 Å². The minimum atomic E-state index is 0.234. The highest BCUT2D eigenvalue weighted by molar-refractivity contribution is 5.27. The summed E-state index contributed by atoms with van der Waals surface area (Å²) < 4.78 is 5.73. The topological polar surface area (TPSA) is 21.3 Å². The summed E-state index contributed by atoms with van der Waals surface area (Å²) in [4.78, 5) is 0. The summed E-state index contributed by atoms with van der Waals surface area (Å²) in [6.07, 6.45) is 1.70. The fourth-order valence-electron chi connectivity index (χ4n) is 2.66. The molecule has 1 rings (SSSR count). The summed E-state index contributed by atoms with van der Waals surface area (Å²) >= 11 is 0. The average Bonchev–Trinajstić information content (AvgIpc) is 2.37. The molecule has 0 fully saturated rings. The van der Waals surface area contributed by atoms with Crippen molar-refractivity contribution in [2.45, 2.75) is 72.5 Å². The molecule has 0 bridgehead atoms. The van der Waals surface area contributed by atoms with Gasteiger partial charge in [-0.15, -0.1) is 0 Å². The van der Waals surface area contributed by atoms with Gasteiger partial charge in [0.25, 0.3) is 0 Å². The van der Waals surface area contributed by atoms with E-state index in [1.165, 1.54) is 11.1 Å². The molecule has 0 saturated heterocycles. The second kappa shape index (κ2) is 8.69. The number of ether oxygens (including phenoxy) is 1. The Morgan fingerprint density at radius 2 is 1.55 bits per heavy atom. The van der Waals surface area contributed by atoms with E-state index in [2.05, 4.69) is 78.0 Å². The number of hydrogen-bond acceptors (Lipinski definition) is 2. The van der Waals surface area contributed by atoms with E-state index in [1.54, 1.807) is 0 Å². The van der Waals surface area contributed by atoms with Gasteiger partial charge in [0.05, 0.1) is 12.2 Å². The van der Waals surface area contributed by atoms with Gasteiger partial charge in [-0.1, -0.05) is 52.0 Å². The van der Waals surface area contributed by atoms with Gasteiger partial charge in [0.15, 0.2) is 0 Å². The zero-order valence-corrected chi connectivity index (χ0v) is 15.6. The van der Waals surface area contributed by atoms with Gasteiger partial charge in [-0.25, -0.2) is 0 Å². The molecule has 0 aliphatic heterocycles. The van der Waals surface area contributed by atoms with E-state index < -0.39 is 0 Å². The van der Waals surface area contributed by atoms with Crippen LogP contribution in [0.2, 0.25) is 0 Å². The second-order valence-electron chi connectivity index (χ2n) is 7.91. The third-order valence-corrected chi connectivity index (χ3v) is 3.83. The SMILES string of the molecule is CC(CNCC(C)OC(C)C)Cc1ccc(C(C)(C)C)cc1. The molecule has 2 unspecified atom stereocenters. The van der Waals surface area contributed by atoms with E-state index in [0.717, 1.165) is 19.5 Å². The Kier molecular flexibility index (Phi) is 7.58. The van der Waals surface area contributed by atoms with E-state index >= 15 is 0 Å². The highest BCUT2D eigenvalue weighted by Crippen LogP contribution is 2.22. The molecule has 0 aliphatic carbocycles. The van der Waals surface area contributed by atoms with Gasteiger partial charge in [0.2, 0.25) is 0 Å². The van der Waals surface area contributed by atoms with Gasteiger partial charge in [-0.2, -0.15) is 0 Å². The lowest BCUT2D eigenvalue weighted by Gasteiger charge is -2.20. The molecule has 2 heteroatoms. The van der Waals surface area contributed by atoms with Gasteiger partial charge in [-0.05, 0) is 56.2 Å². The number of rotatable bonds is 8. The summed E-state index contributed by atoms with van der Waals surface area (Å²) in [5.41, 5.74) is 3.06. The predicted molar refractivity (Wildman–Crippen MR) is 96.6 cm³/mol. The third kappa shape index (κ3) is 7.42. The van der Waals surface area contributed by atoms with Crippen LogP contribution >= 0.6 is 0 Å². The molecular weight excluding hydrogens is 270 g/mol. The van der Waals surface area contributed by atoms with E-state index in [4.69, 9.17) is 4.74 Å². The molecule has 0 saturated carbocycles. The normalized spacial score (nSPS) is 15.1. The van der Waals surface area contributed by atoms with Crippen molar-refractivity contribution in [3.05, 3.63) is 35.4 Å². The van der Waals surface area contributed by atoms with E-state index in [9.17, 15) is 0 Å². The van der Waals surface area contributed by atoms with Crippen LogP contribution in [-0.4, -0.2) is 25.3 Å². The fraction of sp³-hybridized carbons (Fsp3) is 0.700. The van der Waals surface area contributed by atoms with Crippen LogP contribution in [0, 0.1) is 5.92 Å². The Bertz CT molecular complexity index is 416. The van der Waals surface area contributed by atoms with Crippen LogP contribution in [0.5, 0.6) is 0 Å². The molecule has 0 heterocycles. The second-order valence-corrected chi connectivity index (χ2v) is 7.91. The molecule has 0 amide bonds. The van der Waals surface area contributed by atoms with Crippen LogP contribution in [0.15, 0.2) is 24.3 Å². The van der Waals surface area contributed by atoms with Gasteiger partial charge in [0, 0.05) is 6.54 Å². The predicted octanol–water partition coefficient (Wildman–Crippen LogP) is 4.57. The minimum absolute atomic E-state index is 0.234. The number of hydrogen-bond donors (Lipinski definition) is 1. The average molecular weight is 306 g/mol. The van der Waals surface area contributed by atoms with Crippen LogP contribution in [0.25, 0.3) is 0 Å². The maximum atomic E-state index is 5.73. The number of nitrogens with one attached hydrogen (secondary N) is 1. The van der Waals surface area contributed by atoms with Crippen molar-refractivity contribution >= 4 is 0 Å². The van der Waals surface area contributed by atoms with Crippen LogP contribution in [0.1, 0.15) is 59.6 Å². The van der Waals surface area contributed by atoms with Crippen LogP contribution < -0.4 is 5.32 Å². The van der Waals surface area contributed by atoms with Gasteiger partial charge >= 0.3 is 0 Å². The minimum Gasteiger partial charge on any atom is -0.375 e. The molecule has 0 aliphatic rings. The van der Waals surface area contributed by atoms with Gasteiger partial charge in [0.1, 0.15) is 0 Å². The summed E-state index contributed by atoms with van der Waals surface area (Å²) in [5, 5.41) is 3.52. The van der Waals surface area contributed by atoms with Crippen molar-refractivity contribution in [1.29, 1.82) is 0 Å². The molecule has 2 atom stereocenters. The lowest BCUT2D eigenvalue weighted by molar-refractivity contribution is 0.0193. The molecular formula is C20H35NO. The molecule has 126 valence electrons. The molecule has 1 aromatic carbocycles. The van der Waals surface area contributed by atoms with Crippen molar-refractivity contribution in [3.8, 4) is 0 Å². The van der Waals surface area contributed by atoms with E-state index in [0.29, 0.717) is 12.0 Å². The Labute approximate surface area is 137 Å². The molecule has 1 N–H and O–H groups in total. The number of benzene rings is 1. The third-order valence-electron chi connectivity index (χ3n) is 3.83. The molecule has 2 nitrogen and oxygen atoms in total. The zero-order valence-electron chi connectivity index (χ0n) is 15.6. The van der Waals surface area contributed by atoms with Crippen molar-refractivity contribution in [2.75, 3.05) is 13.1 Å². The Hall–Kier alpha value is -0.860. The van der Waals surface area contributed by atoms with Gasteiger partial charge < -0.3 is 10.1 Å². The molecule has 0 spiro atoms. The molecule has 1 aromatic rings. The smallest absolute Gasteiger partial charge is 0.0674 e. The monoisotopic (exact) mass is 305 g/mol. The van der Waals surface area contributed by atoms with E-state index in [-0.39, 0.29) is 11.5 Å². The van der Waals surface area contributed by atoms with Crippen molar-refractivity contribution in [1.82, 2.24) is 5.32 Å². The molecule has 0 radical (unpaired) electrons. The first-order valence-electron chi connectivity index (χ1n) is 8.64.